The molecule has 27 heavy (non-hydrogen) atoms. The molecule has 3 aromatic rings. The summed E-state index contributed by atoms with van der Waals surface area (Å²) >= 11 is 0. The minimum absolute atomic E-state index is 0.356. The van der Waals surface area contributed by atoms with Gasteiger partial charge in [0.15, 0.2) is 0 Å². The number of nitrogens with one attached hydrogen (secondary N) is 1. The first-order valence-corrected chi connectivity index (χ1v) is 8.23. The van der Waals surface area contributed by atoms with Crippen LogP contribution in [0.15, 0.2) is 82.2 Å². The highest BCUT2D eigenvalue weighted by atomic mass is 16.2. The van der Waals surface area contributed by atoms with Crippen LogP contribution in [0.3, 0.4) is 0 Å². The third-order valence-electron chi connectivity index (χ3n) is 3.60. The number of azo groups is 1. The molecule has 134 valence electrons. The molecule has 0 aliphatic carbocycles. The lowest BCUT2D eigenvalue weighted by atomic mass is 10.2. The minimum atomic E-state index is -0.359. The van der Waals surface area contributed by atoms with Crippen LogP contribution < -0.4 is 11.2 Å². The van der Waals surface area contributed by atoms with Crippen LogP contribution in [0.25, 0.3) is 0 Å². The second-order valence-electron chi connectivity index (χ2n) is 5.80. The number of pyridine rings is 1. The van der Waals surface area contributed by atoms with Gasteiger partial charge in [0, 0.05) is 6.20 Å². The van der Waals surface area contributed by atoms with Gasteiger partial charge in [-0.2, -0.15) is 15.3 Å². The number of nitrogen functional groups attached to an aromatic ring is 1. The summed E-state index contributed by atoms with van der Waals surface area (Å²) in [4.78, 5) is 15.8. The summed E-state index contributed by atoms with van der Waals surface area (Å²) < 4.78 is 0. The fourth-order valence-electron chi connectivity index (χ4n) is 2.20. The fourth-order valence-corrected chi connectivity index (χ4v) is 2.20. The molecule has 0 fully saturated rings. The second-order valence-corrected chi connectivity index (χ2v) is 5.80. The van der Waals surface area contributed by atoms with E-state index in [1.54, 1.807) is 18.3 Å². The van der Waals surface area contributed by atoms with Crippen LogP contribution in [-0.2, 0) is 0 Å². The number of nitrogens with two attached hydrogens (primary N) is 1. The van der Waals surface area contributed by atoms with E-state index in [0.717, 1.165) is 22.5 Å². The van der Waals surface area contributed by atoms with Crippen molar-refractivity contribution in [1.82, 2.24) is 10.4 Å². The number of hydrogen-bond acceptors (Lipinski definition) is 6. The number of carbonyl (C=O) groups is 1. The van der Waals surface area contributed by atoms with Crippen molar-refractivity contribution >= 4 is 29.3 Å². The molecule has 3 rings (SSSR count). The molecule has 0 radical (unpaired) electrons. The smallest absolute Gasteiger partial charge is 0.272 e. The van der Waals surface area contributed by atoms with Crippen LogP contribution in [0, 0.1) is 6.92 Å². The highest BCUT2D eigenvalue weighted by Crippen LogP contribution is 2.19. The summed E-state index contributed by atoms with van der Waals surface area (Å²) in [6, 6.07) is 18.3. The number of hydrogen-bond donors (Lipinski definition) is 2. The molecule has 0 saturated heterocycles. The van der Waals surface area contributed by atoms with Crippen LogP contribution in [-0.4, -0.2) is 17.1 Å². The molecule has 1 heterocycles. The lowest BCUT2D eigenvalue weighted by Crippen LogP contribution is -2.17. The summed E-state index contributed by atoms with van der Waals surface area (Å²) in [6.45, 7) is 2.01. The molecular weight excluding hydrogens is 340 g/mol. The van der Waals surface area contributed by atoms with Crippen molar-refractivity contribution < 1.29 is 4.79 Å². The second kappa shape index (κ2) is 8.48. The first-order chi connectivity index (χ1) is 13.1. The van der Waals surface area contributed by atoms with E-state index >= 15 is 0 Å². The quantitative estimate of drug-likeness (QED) is 0.406. The first-order valence-electron chi connectivity index (χ1n) is 8.23. The van der Waals surface area contributed by atoms with Crippen LogP contribution in [0.2, 0.25) is 0 Å². The average molecular weight is 358 g/mol. The third kappa shape index (κ3) is 5.30. The van der Waals surface area contributed by atoms with Gasteiger partial charge in [0.25, 0.3) is 5.91 Å². The van der Waals surface area contributed by atoms with Crippen LogP contribution in [0.1, 0.15) is 21.5 Å². The van der Waals surface area contributed by atoms with Gasteiger partial charge in [-0.3, -0.25) is 4.79 Å². The van der Waals surface area contributed by atoms with E-state index in [-0.39, 0.29) is 5.91 Å². The zero-order valence-corrected chi connectivity index (χ0v) is 14.7. The zero-order valence-electron chi connectivity index (χ0n) is 14.7. The van der Waals surface area contributed by atoms with Crippen molar-refractivity contribution in [1.29, 1.82) is 0 Å². The van der Waals surface area contributed by atoms with E-state index in [9.17, 15) is 4.79 Å². The van der Waals surface area contributed by atoms with Crippen LogP contribution in [0.5, 0.6) is 0 Å². The number of anilines is 1. The Labute approximate surface area is 156 Å². The lowest BCUT2D eigenvalue weighted by molar-refractivity contribution is 0.0955. The summed E-state index contributed by atoms with van der Waals surface area (Å²) in [5, 5.41) is 12.4. The molecule has 3 N–H and O–H groups in total. The van der Waals surface area contributed by atoms with Gasteiger partial charge >= 0.3 is 0 Å². The highest BCUT2D eigenvalue weighted by molar-refractivity contribution is 5.94. The molecule has 7 nitrogen and oxygen atoms in total. The maximum Gasteiger partial charge on any atom is 0.272 e. The Morgan fingerprint density at radius 2 is 1.81 bits per heavy atom. The van der Waals surface area contributed by atoms with Crippen molar-refractivity contribution in [3.05, 3.63) is 83.6 Å². The first kappa shape index (κ1) is 17.9. The Bertz CT molecular complexity index is 978. The topological polar surface area (TPSA) is 105 Å². The van der Waals surface area contributed by atoms with Gasteiger partial charge in [-0.25, -0.2) is 10.4 Å². The molecule has 7 heteroatoms. The molecule has 1 aromatic heterocycles. The summed E-state index contributed by atoms with van der Waals surface area (Å²) in [5.74, 6) is -0.00277. The summed E-state index contributed by atoms with van der Waals surface area (Å²) in [5.41, 5.74) is 11.8. The summed E-state index contributed by atoms with van der Waals surface area (Å²) in [7, 11) is 0. The van der Waals surface area contributed by atoms with E-state index in [0.29, 0.717) is 11.4 Å². The van der Waals surface area contributed by atoms with Crippen molar-refractivity contribution in [3.63, 3.8) is 0 Å². The molecule has 0 unspecified atom stereocenters. The number of nitrogens with zero attached hydrogens (tertiary/aromatic N) is 4. The molecule has 1 amide bonds. The number of benzene rings is 2. The van der Waals surface area contributed by atoms with Gasteiger partial charge < -0.3 is 5.73 Å². The Balaban J connectivity index is 1.57. The Morgan fingerprint density at radius 1 is 1.04 bits per heavy atom. The van der Waals surface area contributed by atoms with E-state index in [1.165, 1.54) is 6.20 Å². The normalized spacial score (nSPS) is 11.1. The van der Waals surface area contributed by atoms with Crippen molar-refractivity contribution in [2.45, 2.75) is 6.92 Å². The zero-order chi connectivity index (χ0) is 19.1. The average Bonchev–Trinajstić information content (AvgIpc) is 2.68. The molecule has 0 aliphatic rings. The molecule has 0 spiro atoms. The maximum absolute atomic E-state index is 11.9. The number of aromatic nitrogens is 1. The molecule has 0 saturated carbocycles. The molecular formula is C20H18N6O. The van der Waals surface area contributed by atoms with E-state index in [4.69, 9.17) is 5.73 Å². The van der Waals surface area contributed by atoms with Crippen LogP contribution in [0.4, 0.5) is 17.2 Å². The third-order valence-corrected chi connectivity index (χ3v) is 3.60. The number of amides is 1. The Morgan fingerprint density at radius 3 is 2.52 bits per heavy atom. The van der Waals surface area contributed by atoms with Crippen molar-refractivity contribution in [2.75, 3.05) is 5.73 Å². The lowest BCUT2D eigenvalue weighted by Gasteiger charge is -2.00. The van der Waals surface area contributed by atoms with Gasteiger partial charge in [0.05, 0.1) is 23.2 Å². The molecule has 0 atom stereocenters. The number of hydrazone groups is 1. The predicted octanol–water partition coefficient (Wildman–Crippen LogP) is 4.15. The van der Waals surface area contributed by atoms with Gasteiger partial charge in [0.1, 0.15) is 5.82 Å². The van der Waals surface area contributed by atoms with E-state index < -0.39 is 0 Å². The van der Waals surface area contributed by atoms with E-state index in [2.05, 4.69) is 25.7 Å². The summed E-state index contributed by atoms with van der Waals surface area (Å²) in [6.07, 6.45) is 2.94. The molecule has 2 aromatic carbocycles. The standard InChI is InChI=1S/C20H18N6O/c1-14-3-2-4-18(11-14)25-24-17-8-5-15(6-9-17)12-23-26-20(27)16-7-10-19(21)22-13-16/h2-13H,1H3,(H2,21,22)(H,26,27)/b23-12+,25-24?. The van der Waals surface area contributed by atoms with Crippen LogP contribution >= 0.6 is 0 Å². The highest BCUT2D eigenvalue weighted by Gasteiger charge is 2.03. The van der Waals surface area contributed by atoms with E-state index in [1.807, 2.05) is 55.5 Å². The molecule has 0 bridgehead atoms. The number of carbonyl (C=O) groups excluding carboxylic acids is 1. The number of aryl methyl sites for hydroxylation is 1. The minimum Gasteiger partial charge on any atom is -0.384 e. The SMILES string of the molecule is Cc1cccc(N=Nc2ccc(/C=N/NC(=O)c3ccc(N)nc3)cc2)c1. The van der Waals surface area contributed by atoms with Crippen molar-refractivity contribution in [3.8, 4) is 0 Å². The monoisotopic (exact) mass is 358 g/mol. The Kier molecular flexibility index (Phi) is 5.64. The van der Waals surface area contributed by atoms with Gasteiger partial charge in [-0.1, -0.05) is 24.3 Å². The Hall–Kier alpha value is -3.87. The van der Waals surface area contributed by atoms with Gasteiger partial charge in [0.2, 0.25) is 0 Å². The predicted molar refractivity (Wildman–Crippen MR) is 106 cm³/mol. The van der Waals surface area contributed by atoms with Gasteiger partial charge in [-0.15, -0.1) is 0 Å². The van der Waals surface area contributed by atoms with Gasteiger partial charge in [-0.05, 0) is 54.4 Å². The van der Waals surface area contributed by atoms with Crippen molar-refractivity contribution in [2.24, 2.45) is 15.3 Å². The maximum atomic E-state index is 11.9. The number of rotatable bonds is 5. The largest absolute Gasteiger partial charge is 0.384 e. The fraction of sp³-hybridized carbons (Fsp3) is 0.0500. The molecule has 0 aliphatic heterocycles.